The minimum atomic E-state index is -0.331. The van der Waals surface area contributed by atoms with Crippen LogP contribution in [0.5, 0.6) is 0 Å². The Morgan fingerprint density at radius 2 is 2.00 bits per heavy atom. The summed E-state index contributed by atoms with van der Waals surface area (Å²) in [6, 6.07) is 9.06. The standard InChI is InChI=1S/C18H19N5O2/c1-2-8-20-18(25)16-22-15(14-7-3-4-10-23(14)16)17(24)21-12-13-6-5-9-19-11-13/h3-7,9-11H,2,8,12H2,1H3,(H,20,25)(H,21,24). The zero-order valence-electron chi connectivity index (χ0n) is 13.9. The van der Waals surface area contributed by atoms with Crippen LogP contribution >= 0.6 is 0 Å². The van der Waals surface area contributed by atoms with Gasteiger partial charge in [0.15, 0.2) is 5.69 Å². The highest BCUT2D eigenvalue weighted by Gasteiger charge is 2.20. The molecule has 3 heterocycles. The summed E-state index contributed by atoms with van der Waals surface area (Å²) in [6.07, 6.45) is 5.92. The molecule has 7 nitrogen and oxygen atoms in total. The molecule has 25 heavy (non-hydrogen) atoms. The third-order valence-electron chi connectivity index (χ3n) is 3.68. The summed E-state index contributed by atoms with van der Waals surface area (Å²) < 4.78 is 1.63. The van der Waals surface area contributed by atoms with Crippen molar-refractivity contribution in [3.8, 4) is 0 Å². The molecule has 3 rings (SSSR count). The molecule has 0 unspecified atom stereocenters. The van der Waals surface area contributed by atoms with Crippen molar-refractivity contribution in [1.82, 2.24) is 25.0 Å². The first-order chi connectivity index (χ1) is 12.2. The number of hydrogen-bond acceptors (Lipinski definition) is 4. The number of nitrogens with zero attached hydrogens (tertiary/aromatic N) is 3. The summed E-state index contributed by atoms with van der Waals surface area (Å²) in [7, 11) is 0. The van der Waals surface area contributed by atoms with Crippen LogP contribution in [0.4, 0.5) is 0 Å². The van der Waals surface area contributed by atoms with Crippen molar-refractivity contribution in [3.63, 3.8) is 0 Å². The maximum Gasteiger partial charge on any atom is 0.287 e. The molecular formula is C18H19N5O2. The van der Waals surface area contributed by atoms with E-state index < -0.39 is 0 Å². The highest BCUT2D eigenvalue weighted by atomic mass is 16.2. The van der Waals surface area contributed by atoms with Gasteiger partial charge in [-0.05, 0) is 30.2 Å². The lowest BCUT2D eigenvalue weighted by Crippen LogP contribution is -2.26. The normalized spacial score (nSPS) is 10.6. The molecule has 0 aliphatic carbocycles. The van der Waals surface area contributed by atoms with E-state index in [1.54, 1.807) is 35.1 Å². The van der Waals surface area contributed by atoms with Gasteiger partial charge in [0.2, 0.25) is 5.82 Å². The summed E-state index contributed by atoms with van der Waals surface area (Å²) in [5, 5.41) is 5.60. The van der Waals surface area contributed by atoms with Gasteiger partial charge in [-0.15, -0.1) is 0 Å². The molecule has 0 saturated carbocycles. The quantitative estimate of drug-likeness (QED) is 0.718. The Morgan fingerprint density at radius 1 is 1.12 bits per heavy atom. The number of rotatable bonds is 6. The second-order valence-corrected chi connectivity index (χ2v) is 5.54. The van der Waals surface area contributed by atoms with Crippen LogP contribution in [0.2, 0.25) is 0 Å². The van der Waals surface area contributed by atoms with Crippen LogP contribution in [0.25, 0.3) is 5.52 Å². The number of pyridine rings is 2. The van der Waals surface area contributed by atoms with E-state index in [1.165, 1.54) is 0 Å². The first-order valence-corrected chi connectivity index (χ1v) is 8.13. The molecule has 3 aromatic heterocycles. The largest absolute Gasteiger partial charge is 0.349 e. The molecule has 128 valence electrons. The minimum absolute atomic E-state index is 0.204. The van der Waals surface area contributed by atoms with Crippen LogP contribution in [-0.2, 0) is 6.54 Å². The zero-order chi connectivity index (χ0) is 17.6. The van der Waals surface area contributed by atoms with Gasteiger partial charge in [0, 0.05) is 31.7 Å². The van der Waals surface area contributed by atoms with Gasteiger partial charge in [-0.2, -0.15) is 0 Å². The second kappa shape index (κ2) is 7.57. The van der Waals surface area contributed by atoms with Crippen LogP contribution in [0.15, 0.2) is 48.9 Å². The molecule has 0 saturated heterocycles. The summed E-state index contributed by atoms with van der Waals surface area (Å²) >= 11 is 0. The smallest absolute Gasteiger partial charge is 0.287 e. The van der Waals surface area contributed by atoms with E-state index in [1.807, 2.05) is 25.1 Å². The fourth-order valence-corrected chi connectivity index (χ4v) is 2.45. The summed E-state index contributed by atoms with van der Waals surface area (Å²) in [4.78, 5) is 33.1. The van der Waals surface area contributed by atoms with E-state index in [4.69, 9.17) is 0 Å². The molecule has 7 heteroatoms. The summed E-state index contributed by atoms with van der Waals surface area (Å²) in [6.45, 7) is 2.88. The third kappa shape index (κ3) is 3.65. The topological polar surface area (TPSA) is 88.4 Å². The Morgan fingerprint density at radius 3 is 2.76 bits per heavy atom. The maximum atomic E-state index is 12.5. The van der Waals surface area contributed by atoms with Gasteiger partial charge in [-0.1, -0.05) is 19.1 Å². The first-order valence-electron chi connectivity index (χ1n) is 8.13. The molecule has 3 aromatic rings. The lowest BCUT2D eigenvalue weighted by atomic mass is 10.2. The number of amides is 2. The number of carbonyl (C=O) groups is 2. The van der Waals surface area contributed by atoms with Crippen LogP contribution in [0, 0.1) is 0 Å². The minimum Gasteiger partial charge on any atom is -0.349 e. The number of carbonyl (C=O) groups excluding carboxylic acids is 2. The first kappa shape index (κ1) is 16.6. The molecular weight excluding hydrogens is 318 g/mol. The van der Waals surface area contributed by atoms with E-state index in [9.17, 15) is 9.59 Å². The van der Waals surface area contributed by atoms with Crippen molar-refractivity contribution in [1.29, 1.82) is 0 Å². The monoisotopic (exact) mass is 337 g/mol. The van der Waals surface area contributed by atoms with Crippen LogP contribution in [0.3, 0.4) is 0 Å². The molecule has 0 aliphatic heterocycles. The fourth-order valence-electron chi connectivity index (χ4n) is 2.45. The van der Waals surface area contributed by atoms with Gasteiger partial charge in [-0.3, -0.25) is 19.0 Å². The highest BCUT2D eigenvalue weighted by molar-refractivity contribution is 6.02. The maximum absolute atomic E-state index is 12.5. The molecule has 0 aliphatic rings. The predicted molar refractivity (Wildman–Crippen MR) is 93.2 cm³/mol. The van der Waals surface area contributed by atoms with E-state index in [-0.39, 0.29) is 23.3 Å². The molecule has 0 bridgehead atoms. The van der Waals surface area contributed by atoms with E-state index in [0.29, 0.717) is 18.6 Å². The van der Waals surface area contributed by atoms with E-state index >= 15 is 0 Å². The van der Waals surface area contributed by atoms with Gasteiger partial charge in [0.25, 0.3) is 11.8 Å². The second-order valence-electron chi connectivity index (χ2n) is 5.54. The van der Waals surface area contributed by atoms with Crippen LogP contribution in [-0.4, -0.2) is 32.7 Å². The number of fused-ring (bicyclic) bond motifs is 1. The average molecular weight is 337 g/mol. The highest BCUT2D eigenvalue weighted by Crippen LogP contribution is 2.13. The Bertz CT molecular complexity index is 889. The molecule has 0 fully saturated rings. The van der Waals surface area contributed by atoms with Crippen molar-refractivity contribution in [2.45, 2.75) is 19.9 Å². The summed E-state index contributed by atoms with van der Waals surface area (Å²) in [5.74, 6) is -0.424. The Hall–Kier alpha value is -3.22. The van der Waals surface area contributed by atoms with Gasteiger partial charge >= 0.3 is 0 Å². The van der Waals surface area contributed by atoms with Crippen molar-refractivity contribution in [2.75, 3.05) is 6.54 Å². The Labute approximate surface area is 145 Å². The van der Waals surface area contributed by atoms with Crippen LogP contribution < -0.4 is 10.6 Å². The number of hydrogen-bond donors (Lipinski definition) is 2. The third-order valence-corrected chi connectivity index (χ3v) is 3.68. The van der Waals surface area contributed by atoms with Crippen LogP contribution in [0.1, 0.15) is 40.0 Å². The van der Waals surface area contributed by atoms with Gasteiger partial charge < -0.3 is 10.6 Å². The lowest BCUT2D eigenvalue weighted by Gasteiger charge is -2.03. The van der Waals surface area contributed by atoms with Crippen molar-refractivity contribution < 1.29 is 9.59 Å². The average Bonchev–Trinajstić information content (AvgIpc) is 3.05. The molecule has 0 aromatic carbocycles. The SMILES string of the molecule is CCCNC(=O)c1nc(C(=O)NCc2cccnc2)c2ccccn12. The molecule has 0 atom stereocenters. The number of aromatic nitrogens is 3. The van der Waals surface area contributed by atoms with Crippen molar-refractivity contribution >= 4 is 17.3 Å². The van der Waals surface area contributed by atoms with E-state index in [2.05, 4.69) is 20.6 Å². The van der Waals surface area contributed by atoms with Crippen molar-refractivity contribution in [3.05, 3.63) is 66.0 Å². The zero-order valence-corrected chi connectivity index (χ0v) is 13.9. The van der Waals surface area contributed by atoms with Gasteiger partial charge in [-0.25, -0.2) is 4.98 Å². The molecule has 2 N–H and O–H groups in total. The predicted octanol–water partition coefficient (Wildman–Crippen LogP) is 1.80. The van der Waals surface area contributed by atoms with Gasteiger partial charge in [0.05, 0.1) is 5.52 Å². The number of imidazole rings is 1. The fraction of sp³-hybridized carbons (Fsp3) is 0.222. The molecule has 0 radical (unpaired) electrons. The molecule has 0 spiro atoms. The number of nitrogens with one attached hydrogen (secondary N) is 2. The Balaban J connectivity index is 1.85. The van der Waals surface area contributed by atoms with E-state index in [0.717, 1.165) is 12.0 Å². The Kier molecular flexibility index (Phi) is 5.03. The summed E-state index contributed by atoms with van der Waals surface area (Å²) in [5.41, 5.74) is 1.71. The van der Waals surface area contributed by atoms with Gasteiger partial charge in [0.1, 0.15) is 0 Å². The molecule has 2 amide bonds. The van der Waals surface area contributed by atoms with Crippen molar-refractivity contribution in [2.24, 2.45) is 0 Å². The lowest BCUT2D eigenvalue weighted by molar-refractivity contribution is 0.0942.